The first-order valence-corrected chi connectivity index (χ1v) is 12.1. The van der Waals surface area contributed by atoms with Gasteiger partial charge in [-0.1, -0.05) is 74.6 Å². The van der Waals surface area contributed by atoms with Crippen molar-refractivity contribution in [2.75, 3.05) is 0 Å². The fourth-order valence-corrected chi connectivity index (χ4v) is 5.95. The van der Waals surface area contributed by atoms with Gasteiger partial charge in [0, 0.05) is 5.44 Å². The van der Waals surface area contributed by atoms with E-state index in [4.69, 9.17) is 9.31 Å². The van der Waals surface area contributed by atoms with E-state index in [9.17, 15) is 0 Å². The molecule has 0 saturated carbocycles. The van der Waals surface area contributed by atoms with E-state index < -0.39 is 8.07 Å². The van der Waals surface area contributed by atoms with Crippen LogP contribution in [-0.4, -0.2) is 26.4 Å². The normalized spacial score (nSPS) is 21.6. The second kappa shape index (κ2) is 6.81. The van der Waals surface area contributed by atoms with Gasteiger partial charge in [-0.2, -0.15) is 0 Å². The van der Waals surface area contributed by atoms with Gasteiger partial charge in [-0.15, -0.1) is 0 Å². The molecule has 1 fully saturated rings. The van der Waals surface area contributed by atoms with Crippen molar-refractivity contribution in [2.45, 2.75) is 71.3 Å². The molecule has 1 unspecified atom stereocenters. The van der Waals surface area contributed by atoms with E-state index in [2.05, 4.69) is 97.1 Å². The average molecular weight is 344 g/mol. The highest BCUT2D eigenvalue weighted by Crippen LogP contribution is 2.42. The fourth-order valence-electron chi connectivity index (χ4n) is 3.11. The van der Waals surface area contributed by atoms with Crippen molar-refractivity contribution in [3.63, 3.8) is 0 Å². The van der Waals surface area contributed by atoms with Gasteiger partial charge < -0.3 is 9.31 Å². The molecule has 2 rings (SSSR count). The second-order valence-electron chi connectivity index (χ2n) is 8.87. The van der Waals surface area contributed by atoms with Gasteiger partial charge in [-0.05, 0) is 33.6 Å². The SMILES string of the molecule is CC(C)/C=C/C(B1OC(C)(C)C(C)(C)O1)[Si](C)(C)c1ccccc1. The molecule has 0 bridgehead atoms. The number of allylic oxidation sites excluding steroid dienone is 2. The van der Waals surface area contributed by atoms with E-state index in [1.807, 2.05) is 0 Å². The lowest BCUT2D eigenvalue weighted by Gasteiger charge is -2.32. The quantitative estimate of drug-likeness (QED) is 0.563. The summed E-state index contributed by atoms with van der Waals surface area (Å²) >= 11 is 0. The molecule has 1 aromatic carbocycles. The molecule has 0 aromatic heterocycles. The third kappa shape index (κ3) is 3.87. The Labute approximate surface area is 149 Å². The first-order valence-electron chi connectivity index (χ1n) is 9.07. The summed E-state index contributed by atoms with van der Waals surface area (Å²) in [5.74, 6) is 0.524. The molecule has 132 valence electrons. The second-order valence-corrected chi connectivity index (χ2v) is 13.6. The molecule has 1 heterocycles. The lowest BCUT2D eigenvalue weighted by atomic mass is 9.83. The Morgan fingerprint density at radius 2 is 1.42 bits per heavy atom. The summed E-state index contributed by atoms with van der Waals surface area (Å²) < 4.78 is 12.9. The summed E-state index contributed by atoms with van der Waals surface area (Å²) in [5.41, 5.74) is -0.297. The molecule has 0 amide bonds. The van der Waals surface area contributed by atoms with Crippen LogP contribution >= 0.6 is 0 Å². The Morgan fingerprint density at radius 3 is 1.88 bits per heavy atom. The third-order valence-corrected chi connectivity index (χ3v) is 9.57. The largest absolute Gasteiger partial charge is 0.462 e. The maximum Gasteiger partial charge on any atom is 0.462 e. The summed E-state index contributed by atoms with van der Waals surface area (Å²) in [6.45, 7) is 17.8. The van der Waals surface area contributed by atoms with Crippen LogP contribution in [0.3, 0.4) is 0 Å². The van der Waals surface area contributed by atoms with Crippen molar-refractivity contribution in [1.82, 2.24) is 0 Å². The molecule has 0 aliphatic carbocycles. The fraction of sp³-hybridized carbons (Fsp3) is 0.600. The van der Waals surface area contributed by atoms with Gasteiger partial charge in [0.25, 0.3) is 0 Å². The Kier molecular flexibility index (Phi) is 5.53. The molecule has 1 aromatic rings. The zero-order chi connectivity index (χ0) is 18.2. The highest BCUT2D eigenvalue weighted by atomic mass is 28.3. The van der Waals surface area contributed by atoms with Crippen LogP contribution in [0.25, 0.3) is 0 Å². The van der Waals surface area contributed by atoms with Gasteiger partial charge in [-0.25, -0.2) is 0 Å². The predicted molar refractivity (Wildman–Crippen MR) is 107 cm³/mol. The van der Waals surface area contributed by atoms with E-state index >= 15 is 0 Å². The third-order valence-electron chi connectivity index (χ3n) is 5.62. The molecule has 1 atom stereocenters. The molecule has 0 N–H and O–H groups in total. The number of hydrogen-bond acceptors (Lipinski definition) is 2. The average Bonchev–Trinajstić information content (AvgIpc) is 2.67. The minimum atomic E-state index is -1.80. The van der Waals surface area contributed by atoms with Crippen LogP contribution < -0.4 is 5.19 Å². The summed E-state index contributed by atoms with van der Waals surface area (Å²) in [4.78, 5) is 0. The van der Waals surface area contributed by atoms with E-state index in [1.165, 1.54) is 5.19 Å². The monoisotopic (exact) mass is 344 g/mol. The Morgan fingerprint density at radius 1 is 0.917 bits per heavy atom. The van der Waals surface area contributed by atoms with Gasteiger partial charge in [-0.3, -0.25) is 0 Å². The topological polar surface area (TPSA) is 18.5 Å². The molecular formula is C20H33BO2Si. The number of hydrogen-bond donors (Lipinski definition) is 0. The van der Waals surface area contributed by atoms with Crippen LogP contribution in [0.15, 0.2) is 42.5 Å². The predicted octanol–water partition coefficient (Wildman–Crippen LogP) is 4.82. The van der Waals surface area contributed by atoms with Crippen LogP contribution in [0.5, 0.6) is 0 Å². The first-order chi connectivity index (χ1) is 11.0. The van der Waals surface area contributed by atoms with Crippen molar-refractivity contribution in [1.29, 1.82) is 0 Å². The Balaban J connectivity index is 2.40. The van der Waals surface area contributed by atoms with Crippen molar-refractivity contribution in [2.24, 2.45) is 5.92 Å². The van der Waals surface area contributed by atoms with E-state index in [1.54, 1.807) is 0 Å². The van der Waals surface area contributed by atoms with Crippen LogP contribution in [0.1, 0.15) is 41.5 Å². The summed E-state index contributed by atoms with van der Waals surface area (Å²) in [6.07, 6.45) is 4.65. The summed E-state index contributed by atoms with van der Waals surface area (Å²) in [5, 5.41) is 1.44. The molecule has 24 heavy (non-hydrogen) atoms. The lowest BCUT2D eigenvalue weighted by Crippen LogP contribution is -2.51. The summed E-state index contributed by atoms with van der Waals surface area (Å²) in [6, 6.07) is 10.9. The minimum absolute atomic E-state index is 0.188. The van der Waals surface area contributed by atoms with Crippen molar-refractivity contribution in [3.8, 4) is 0 Å². The standard InChI is InChI=1S/C20H33BO2Si/c1-16(2)14-15-18(21-22-19(3,4)20(5,6)23-21)24(7,8)17-12-10-9-11-13-17/h9-16,18H,1-8H3/b15-14+. The highest BCUT2D eigenvalue weighted by molar-refractivity contribution is 6.98. The molecule has 1 saturated heterocycles. The maximum atomic E-state index is 6.43. The van der Waals surface area contributed by atoms with Gasteiger partial charge in [0.1, 0.15) is 0 Å². The van der Waals surface area contributed by atoms with E-state index in [-0.39, 0.29) is 23.8 Å². The molecule has 1 aliphatic heterocycles. The summed E-state index contributed by atoms with van der Waals surface area (Å²) in [7, 11) is -1.99. The van der Waals surface area contributed by atoms with Gasteiger partial charge in [0.2, 0.25) is 0 Å². The molecule has 0 radical (unpaired) electrons. The number of benzene rings is 1. The zero-order valence-corrected chi connectivity index (χ0v) is 17.6. The van der Waals surface area contributed by atoms with Crippen molar-refractivity contribution in [3.05, 3.63) is 42.5 Å². The maximum absolute atomic E-state index is 6.43. The Hall–Kier alpha value is -0.838. The first kappa shape index (κ1) is 19.5. The lowest BCUT2D eigenvalue weighted by molar-refractivity contribution is 0.00578. The van der Waals surface area contributed by atoms with E-state index in [0.29, 0.717) is 5.92 Å². The number of rotatable bonds is 5. The zero-order valence-electron chi connectivity index (χ0n) is 16.6. The van der Waals surface area contributed by atoms with Gasteiger partial charge >= 0.3 is 7.12 Å². The molecule has 1 aliphatic rings. The molecular weight excluding hydrogens is 311 g/mol. The molecule has 4 heteroatoms. The molecule has 2 nitrogen and oxygen atoms in total. The van der Waals surface area contributed by atoms with Gasteiger partial charge in [0.05, 0.1) is 19.3 Å². The van der Waals surface area contributed by atoms with Crippen molar-refractivity contribution >= 4 is 20.4 Å². The van der Waals surface area contributed by atoms with Gasteiger partial charge in [0.15, 0.2) is 0 Å². The smallest absolute Gasteiger partial charge is 0.403 e. The van der Waals surface area contributed by atoms with Crippen LogP contribution in [-0.2, 0) is 9.31 Å². The van der Waals surface area contributed by atoms with Crippen LogP contribution in [0.4, 0.5) is 0 Å². The highest BCUT2D eigenvalue weighted by Gasteiger charge is 2.56. The Bertz CT molecular complexity index is 563. The molecule has 0 spiro atoms. The van der Waals surface area contributed by atoms with Crippen molar-refractivity contribution < 1.29 is 9.31 Å². The van der Waals surface area contributed by atoms with Crippen LogP contribution in [0, 0.1) is 5.92 Å². The van der Waals surface area contributed by atoms with E-state index in [0.717, 1.165) is 0 Å². The van der Waals surface area contributed by atoms with Crippen LogP contribution in [0.2, 0.25) is 18.5 Å². The minimum Gasteiger partial charge on any atom is -0.403 e.